The first-order valence-corrected chi connectivity index (χ1v) is 9.56. The Bertz CT molecular complexity index is 905. The molecule has 3 rings (SSSR count). The Kier molecular flexibility index (Phi) is 5.65. The van der Waals surface area contributed by atoms with Gasteiger partial charge in [-0.3, -0.25) is 9.59 Å². The van der Waals surface area contributed by atoms with Crippen LogP contribution in [0.2, 0.25) is 0 Å². The van der Waals surface area contributed by atoms with Crippen molar-refractivity contribution in [2.45, 2.75) is 25.8 Å². The molecule has 0 bridgehead atoms. The SMILES string of the molecule is CCCCN1C(=O)C(=O)/C(=C(\O)c2ccc(Br)cc2)C1c1cccc(O)c1. The van der Waals surface area contributed by atoms with Gasteiger partial charge in [0, 0.05) is 16.6 Å². The maximum atomic E-state index is 12.7. The highest BCUT2D eigenvalue weighted by atomic mass is 79.9. The summed E-state index contributed by atoms with van der Waals surface area (Å²) in [5, 5.41) is 20.7. The number of phenols is 1. The normalized spacial score (nSPS) is 18.9. The van der Waals surface area contributed by atoms with Gasteiger partial charge in [0.05, 0.1) is 11.6 Å². The summed E-state index contributed by atoms with van der Waals surface area (Å²) in [7, 11) is 0. The number of benzene rings is 2. The number of likely N-dealkylation sites (tertiary alicyclic amines) is 1. The highest BCUT2D eigenvalue weighted by Gasteiger charge is 2.45. The predicted octanol–water partition coefficient (Wildman–Crippen LogP) is 4.38. The zero-order valence-corrected chi connectivity index (χ0v) is 16.4. The smallest absolute Gasteiger partial charge is 0.295 e. The minimum Gasteiger partial charge on any atom is -0.508 e. The fourth-order valence-corrected chi connectivity index (χ4v) is 3.51. The lowest BCUT2D eigenvalue weighted by molar-refractivity contribution is -0.139. The number of aromatic hydroxyl groups is 1. The number of unbranched alkanes of at least 4 members (excludes halogenated alkanes) is 1. The molecule has 0 radical (unpaired) electrons. The molecule has 1 aliphatic rings. The first kappa shape index (κ1) is 19.2. The number of carbonyl (C=O) groups is 2. The largest absolute Gasteiger partial charge is 0.508 e. The van der Waals surface area contributed by atoms with Crippen LogP contribution in [0.1, 0.15) is 36.9 Å². The molecule has 1 unspecified atom stereocenters. The Hall–Kier alpha value is -2.60. The number of halogens is 1. The van der Waals surface area contributed by atoms with Gasteiger partial charge < -0.3 is 15.1 Å². The van der Waals surface area contributed by atoms with Crippen LogP contribution < -0.4 is 0 Å². The van der Waals surface area contributed by atoms with Gasteiger partial charge in [-0.05, 0) is 36.2 Å². The molecule has 1 heterocycles. The molecule has 1 fully saturated rings. The van der Waals surface area contributed by atoms with E-state index in [-0.39, 0.29) is 17.1 Å². The zero-order chi connectivity index (χ0) is 19.6. The van der Waals surface area contributed by atoms with Gasteiger partial charge >= 0.3 is 0 Å². The Balaban J connectivity index is 2.16. The third-order valence-electron chi connectivity index (χ3n) is 4.60. The lowest BCUT2D eigenvalue weighted by Crippen LogP contribution is -2.30. The molecule has 1 amide bonds. The number of aliphatic hydroxyl groups is 1. The summed E-state index contributed by atoms with van der Waals surface area (Å²) >= 11 is 3.34. The molecule has 0 spiro atoms. The van der Waals surface area contributed by atoms with E-state index < -0.39 is 17.7 Å². The molecule has 1 atom stereocenters. The van der Waals surface area contributed by atoms with E-state index in [1.807, 2.05) is 6.92 Å². The standard InChI is InChI=1S/C21H20BrNO4/c1-2-3-11-23-18(14-5-4-6-16(24)12-14)17(20(26)21(23)27)19(25)13-7-9-15(22)10-8-13/h4-10,12,18,24-25H,2-3,11H2,1H3/b19-17-. The lowest BCUT2D eigenvalue weighted by Gasteiger charge is -2.25. The maximum Gasteiger partial charge on any atom is 0.295 e. The van der Waals surface area contributed by atoms with Gasteiger partial charge in [0.2, 0.25) is 0 Å². The van der Waals surface area contributed by atoms with Crippen LogP contribution in [0.15, 0.2) is 58.6 Å². The van der Waals surface area contributed by atoms with E-state index in [1.165, 1.54) is 17.0 Å². The predicted molar refractivity (Wildman–Crippen MR) is 106 cm³/mol. The number of hydrogen-bond donors (Lipinski definition) is 2. The van der Waals surface area contributed by atoms with Gasteiger partial charge in [0.25, 0.3) is 11.7 Å². The van der Waals surface area contributed by atoms with E-state index in [0.717, 1.165) is 17.3 Å². The van der Waals surface area contributed by atoms with Crippen molar-refractivity contribution in [3.63, 3.8) is 0 Å². The molecule has 140 valence electrons. The van der Waals surface area contributed by atoms with Crippen molar-refractivity contribution in [2.75, 3.05) is 6.54 Å². The van der Waals surface area contributed by atoms with Crippen LogP contribution in [0.4, 0.5) is 0 Å². The number of aliphatic hydroxyl groups excluding tert-OH is 1. The van der Waals surface area contributed by atoms with E-state index in [9.17, 15) is 19.8 Å². The molecular formula is C21H20BrNO4. The Morgan fingerprint density at radius 3 is 2.48 bits per heavy atom. The van der Waals surface area contributed by atoms with Gasteiger partial charge in [-0.25, -0.2) is 0 Å². The summed E-state index contributed by atoms with van der Waals surface area (Å²) in [4.78, 5) is 26.9. The quantitative estimate of drug-likeness (QED) is 0.420. The fraction of sp³-hybridized carbons (Fsp3) is 0.238. The van der Waals surface area contributed by atoms with Crippen molar-refractivity contribution in [3.8, 4) is 5.75 Å². The highest BCUT2D eigenvalue weighted by Crippen LogP contribution is 2.40. The van der Waals surface area contributed by atoms with E-state index in [1.54, 1.807) is 36.4 Å². The number of rotatable bonds is 5. The second-order valence-corrected chi connectivity index (χ2v) is 7.36. The van der Waals surface area contributed by atoms with Gasteiger partial charge in [-0.15, -0.1) is 0 Å². The van der Waals surface area contributed by atoms with E-state index >= 15 is 0 Å². The molecular weight excluding hydrogens is 410 g/mol. The van der Waals surface area contributed by atoms with E-state index in [2.05, 4.69) is 15.9 Å². The van der Waals surface area contributed by atoms with Crippen LogP contribution in [0.3, 0.4) is 0 Å². The molecule has 2 aromatic carbocycles. The molecule has 0 aromatic heterocycles. The highest BCUT2D eigenvalue weighted by molar-refractivity contribution is 9.10. The summed E-state index contributed by atoms with van der Waals surface area (Å²) in [5.41, 5.74) is 1.09. The first-order chi connectivity index (χ1) is 12.9. The second-order valence-electron chi connectivity index (χ2n) is 6.45. The summed E-state index contributed by atoms with van der Waals surface area (Å²) in [5.74, 6) is -1.51. The number of nitrogens with zero attached hydrogens (tertiary/aromatic N) is 1. The number of ketones is 1. The van der Waals surface area contributed by atoms with Crippen LogP contribution in [0, 0.1) is 0 Å². The van der Waals surface area contributed by atoms with Crippen molar-refractivity contribution in [2.24, 2.45) is 0 Å². The van der Waals surface area contributed by atoms with Crippen molar-refractivity contribution in [1.29, 1.82) is 0 Å². The third-order valence-corrected chi connectivity index (χ3v) is 5.12. The molecule has 0 saturated carbocycles. The summed E-state index contributed by atoms with van der Waals surface area (Å²) in [6.45, 7) is 2.40. The molecule has 0 aliphatic carbocycles. The monoisotopic (exact) mass is 429 g/mol. The van der Waals surface area contributed by atoms with E-state index in [4.69, 9.17) is 0 Å². The van der Waals surface area contributed by atoms with Crippen LogP contribution in [0.5, 0.6) is 5.75 Å². The molecule has 1 saturated heterocycles. The number of hydrogen-bond acceptors (Lipinski definition) is 4. The molecule has 2 aromatic rings. The number of phenolic OH excluding ortho intramolecular Hbond substituents is 1. The van der Waals surface area contributed by atoms with Crippen LogP contribution in [-0.4, -0.2) is 33.3 Å². The Morgan fingerprint density at radius 1 is 1.15 bits per heavy atom. The van der Waals surface area contributed by atoms with Crippen LogP contribution in [0.25, 0.3) is 5.76 Å². The minimum absolute atomic E-state index is 0.0391. The average molecular weight is 430 g/mol. The van der Waals surface area contributed by atoms with Gasteiger partial charge in [-0.1, -0.05) is 53.5 Å². The lowest BCUT2D eigenvalue weighted by atomic mass is 9.95. The molecule has 1 aliphatic heterocycles. The van der Waals surface area contributed by atoms with Crippen molar-refractivity contribution in [3.05, 3.63) is 69.7 Å². The summed E-state index contributed by atoms with van der Waals surface area (Å²) in [6.07, 6.45) is 1.60. The molecule has 6 heteroatoms. The van der Waals surface area contributed by atoms with Crippen molar-refractivity contribution < 1.29 is 19.8 Å². The zero-order valence-electron chi connectivity index (χ0n) is 14.9. The number of Topliss-reactive ketones (excluding diaryl/α,β-unsaturated/α-hetero) is 1. The van der Waals surface area contributed by atoms with Crippen LogP contribution >= 0.6 is 15.9 Å². The van der Waals surface area contributed by atoms with Gasteiger partial charge in [-0.2, -0.15) is 0 Å². The second kappa shape index (κ2) is 7.96. The Labute approximate surface area is 166 Å². The average Bonchev–Trinajstić information content (AvgIpc) is 2.91. The van der Waals surface area contributed by atoms with Gasteiger partial charge in [0.15, 0.2) is 0 Å². The van der Waals surface area contributed by atoms with Gasteiger partial charge in [0.1, 0.15) is 11.5 Å². The number of amides is 1. The number of carbonyl (C=O) groups excluding carboxylic acids is 2. The fourth-order valence-electron chi connectivity index (χ4n) is 3.24. The minimum atomic E-state index is -0.729. The summed E-state index contributed by atoms with van der Waals surface area (Å²) in [6, 6.07) is 12.6. The third kappa shape index (κ3) is 3.76. The Morgan fingerprint density at radius 2 is 1.85 bits per heavy atom. The topological polar surface area (TPSA) is 77.8 Å². The first-order valence-electron chi connectivity index (χ1n) is 8.77. The maximum absolute atomic E-state index is 12.7. The summed E-state index contributed by atoms with van der Waals surface area (Å²) < 4.78 is 0.840. The molecule has 5 nitrogen and oxygen atoms in total. The van der Waals surface area contributed by atoms with Crippen molar-refractivity contribution >= 4 is 33.4 Å². The van der Waals surface area contributed by atoms with E-state index in [0.29, 0.717) is 17.7 Å². The van der Waals surface area contributed by atoms with Crippen molar-refractivity contribution in [1.82, 2.24) is 4.90 Å². The molecule has 2 N–H and O–H groups in total. The molecule has 27 heavy (non-hydrogen) atoms. The van der Waals surface area contributed by atoms with Crippen LogP contribution in [-0.2, 0) is 9.59 Å².